The summed E-state index contributed by atoms with van der Waals surface area (Å²) in [4.78, 5) is 17.2. The smallest absolute Gasteiger partial charge is 0.306 e. The molecule has 0 spiro atoms. The van der Waals surface area contributed by atoms with Gasteiger partial charge >= 0.3 is 6.18 Å². The van der Waals surface area contributed by atoms with Gasteiger partial charge in [0.2, 0.25) is 0 Å². The van der Waals surface area contributed by atoms with Gasteiger partial charge in [-0.3, -0.25) is 0 Å². The average Bonchev–Trinajstić information content (AvgIpc) is 3.30. The lowest BCUT2D eigenvalue weighted by molar-refractivity contribution is -0.137. The molecule has 0 N–H and O–H groups in total. The minimum Gasteiger partial charge on any atom is -0.306 e. The van der Waals surface area contributed by atoms with Crippen molar-refractivity contribution < 1.29 is 13.2 Å². The SMILES string of the molecule is CN1CCC(c2nc(-c3cccc(C(F)(F)F)c3)c(-c3ncncc3C3CCCCC3)s2)CC1. The first-order valence-electron chi connectivity index (χ1n) is 12.1. The molecule has 0 atom stereocenters. The van der Waals surface area contributed by atoms with Crippen LogP contribution >= 0.6 is 11.3 Å². The first-order valence-corrected chi connectivity index (χ1v) is 12.9. The van der Waals surface area contributed by atoms with Gasteiger partial charge in [0.15, 0.2) is 0 Å². The number of piperidine rings is 1. The summed E-state index contributed by atoms with van der Waals surface area (Å²) in [5.74, 6) is 0.702. The van der Waals surface area contributed by atoms with Crippen molar-refractivity contribution >= 4 is 11.3 Å². The summed E-state index contributed by atoms with van der Waals surface area (Å²) in [6.07, 6.45) is 6.87. The number of nitrogens with zero attached hydrogens (tertiary/aromatic N) is 4. The van der Waals surface area contributed by atoms with Crippen LogP contribution in [0.4, 0.5) is 13.2 Å². The van der Waals surface area contributed by atoms with Gasteiger partial charge in [0, 0.05) is 23.2 Å². The van der Waals surface area contributed by atoms with Crippen molar-refractivity contribution in [3.05, 3.63) is 52.9 Å². The van der Waals surface area contributed by atoms with Crippen molar-refractivity contribution in [3.8, 4) is 21.8 Å². The van der Waals surface area contributed by atoms with Gasteiger partial charge < -0.3 is 4.90 Å². The molecule has 1 saturated carbocycles. The highest BCUT2D eigenvalue weighted by Crippen LogP contribution is 2.45. The molecule has 180 valence electrons. The first-order chi connectivity index (χ1) is 16.4. The number of rotatable bonds is 4. The Bertz CT molecular complexity index is 1130. The van der Waals surface area contributed by atoms with Gasteiger partial charge in [0.25, 0.3) is 0 Å². The fraction of sp³-hybridized carbons (Fsp3) is 0.500. The maximum absolute atomic E-state index is 13.5. The van der Waals surface area contributed by atoms with Crippen LogP contribution in [0.3, 0.4) is 0 Å². The van der Waals surface area contributed by atoms with Crippen molar-refractivity contribution in [2.24, 2.45) is 0 Å². The zero-order valence-corrected chi connectivity index (χ0v) is 20.1. The van der Waals surface area contributed by atoms with Crippen molar-refractivity contribution in [3.63, 3.8) is 0 Å². The predicted molar refractivity (Wildman–Crippen MR) is 129 cm³/mol. The lowest BCUT2D eigenvalue weighted by Crippen LogP contribution is -2.29. The second-order valence-corrected chi connectivity index (χ2v) is 10.6. The van der Waals surface area contributed by atoms with Gasteiger partial charge in [-0.1, -0.05) is 31.4 Å². The molecule has 34 heavy (non-hydrogen) atoms. The highest BCUT2D eigenvalue weighted by molar-refractivity contribution is 7.15. The van der Waals surface area contributed by atoms with E-state index in [1.807, 2.05) is 6.20 Å². The second-order valence-electron chi connectivity index (χ2n) is 9.55. The monoisotopic (exact) mass is 486 g/mol. The molecule has 3 heterocycles. The molecule has 1 aromatic carbocycles. The van der Waals surface area contributed by atoms with Crippen LogP contribution in [0.15, 0.2) is 36.8 Å². The predicted octanol–water partition coefficient (Wildman–Crippen LogP) is 7.14. The number of hydrogen-bond donors (Lipinski definition) is 0. The van der Waals surface area contributed by atoms with E-state index in [0.29, 0.717) is 23.1 Å². The number of benzene rings is 1. The van der Waals surface area contributed by atoms with Crippen LogP contribution in [0.1, 0.15) is 72.9 Å². The van der Waals surface area contributed by atoms with Crippen LogP contribution in [-0.2, 0) is 6.18 Å². The van der Waals surface area contributed by atoms with Crippen molar-refractivity contribution in [2.45, 2.75) is 63.0 Å². The Hall–Kier alpha value is -2.32. The molecule has 5 rings (SSSR count). The third-order valence-corrected chi connectivity index (χ3v) is 8.40. The minimum absolute atomic E-state index is 0.319. The topological polar surface area (TPSA) is 41.9 Å². The van der Waals surface area contributed by atoms with Crippen LogP contribution in [0, 0.1) is 0 Å². The van der Waals surface area contributed by atoms with E-state index in [2.05, 4.69) is 21.9 Å². The number of thiazole rings is 1. The Morgan fingerprint density at radius 2 is 1.74 bits per heavy atom. The Labute approximate surface area is 202 Å². The molecule has 8 heteroatoms. The van der Waals surface area contributed by atoms with E-state index in [1.54, 1.807) is 23.7 Å². The quantitative estimate of drug-likeness (QED) is 0.393. The Balaban J connectivity index is 1.62. The molecule has 0 bridgehead atoms. The molecule has 1 aliphatic carbocycles. The Morgan fingerprint density at radius 3 is 2.47 bits per heavy atom. The largest absolute Gasteiger partial charge is 0.416 e. The minimum atomic E-state index is -4.40. The van der Waals surface area contributed by atoms with E-state index < -0.39 is 11.7 Å². The van der Waals surface area contributed by atoms with Crippen LogP contribution in [-0.4, -0.2) is 40.0 Å². The normalized spacial score (nSPS) is 18.9. The number of halogens is 3. The zero-order valence-electron chi connectivity index (χ0n) is 19.3. The molecule has 2 aliphatic rings. The van der Waals surface area contributed by atoms with E-state index in [4.69, 9.17) is 4.98 Å². The van der Waals surface area contributed by atoms with E-state index in [1.165, 1.54) is 31.4 Å². The summed E-state index contributed by atoms with van der Waals surface area (Å²) in [6, 6.07) is 5.54. The molecular formula is C26H29F3N4S. The fourth-order valence-corrected chi connectivity index (χ4v) is 6.48. The van der Waals surface area contributed by atoms with Crippen LogP contribution in [0.5, 0.6) is 0 Å². The van der Waals surface area contributed by atoms with E-state index in [9.17, 15) is 13.2 Å². The molecular weight excluding hydrogens is 457 g/mol. The molecule has 0 amide bonds. The molecule has 1 saturated heterocycles. The molecule has 0 radical (unpaired) electrons. The maximum Gasteiger partial charge on any atom is 0.416 e. The Morgan fingerprint density at radius 1 is 0.971 bits per heavy atom. The van der Waals surface area contributed by atoms with Crippen molar-refractivity contribution in [1.29, 1.82) is 0 Å². The first kappa shape index (κ1) is 23.4. The van der Waals surface area contributed by atoms with Crippen molar-refractivity contribution in [1.82, 2.24) is 19.9 Å². The highest BCUT2D eigenvalue weighted by atomic mass is 32.1. The number of likely N-dealkylation sites (tertiary alicyclic amines) is 1. The summed E-state index contributed by atoms with van der Waals surface area (Å²) >= 11 is 1.61. The van der Waals surface area contributed by atoms with Gasteiger partial charge in [0.1, 0.15) is 6.33 Å². The Kier molecular flexibility index (Phi) is 6.71. The zero-order chi connectivity index (χ0) is 23.7. The molecule has 2 fully saturated rings. The maximum atomic E-state index is 13.5. The van der Waals surface area contributed by atoms with E-state index in [0.717, 1.165) is 66.0 Å². The van der Waals surface area contributed by atoms with Crippen molar-refractivity contribution in [2.75, 3.05) is 20.1 Å². The van der Waals surface area contributed by atoms with Gasteiger partial charge in [0.05, 0.1) is 26.8 Å². The van der Waals surface area contributed by atoms with Crippen LogP contribution < -0.4 is 0 Å². The lowest BCUT2D eigenvalue weighted by Gasteiger charge is -2.27. The standard InChI is InChI=1S/C26H29F3N4S/c1-33-12-10-18(11-13-33)25-32-22(19-8-5-9-20(14-19)26(27,28)29)24(34-25)23-21(15-30-16-31-23)17-6-3-2-4-7-17/h5,8-9,14-18H,2-4,6-7,10-13H2,1H3. The lowest BCUT2D eigenvalue weighted by atomic mass is 9.83. The number of hydrogen-bond acceptors (Lipinski definition) is 5. The summed E-state index contributed by atoms with van der Waals surface area (Å²) < 4.78 is 40.5. The summed E-state index contributed by atoms with van der Waals surface area (Å²) in [7, 11) is 2.12. The fourth-order valence-electron chi connectivity index (χ4n) is 5.21. The van der Waals surface area contributed by atoms with Gasteiger partial charge in [-0.2, -0.15) is 13.2 Å². The summed E-state index contributed by atoms with van der Waals surface area (Å²) in [6.45, 7) is 2.00. The van der Waals surface area contributed by atoms with Crippen LogP contribution in [0.25, 0.3) is 21.8 Å². The van der Waals surface area contributed by atoms with Gasteiger partial charge in [-0.25, -0.2) is 15.0 Å². The molecule has 4 nitrogen and oxygen atoms in total. The second kappa shape index (κ2) is 9.74. The molecule has 0 unspecified atom stereocenters. The van der Waals surface area contributed by atoms with Gasteiger partial charge in [-0.05, 0) is 63.9 Å². The molecule has 3 aromatic rings. The van der Waals surface area contributed by atoms with Crippen LogP contribution in [0.2, 0.25) is 0 Å². The average molecular weight is 487 g/mol. The summed E-state index contributed by atoms with van der Waals surface area (Å²) in [5.41, 5.74) is 2.40. The van der Waals surface area contributed by atoms with Gasteiger partial charge in [-0.15, -0.1) is 11.3 Å². The third-order valence-electron chi connectivity index (χ3n) is 7.18. The third kappa shape index (κ3) is 4.89. The summed E-state index contributed by atoms with van der Waals surface area (Å²) in [5, 5.41) is 1.00. The van der Waals surface area contributed by atoms with E-state index >= 15 is 0 Å². The highest BCUT2D eigenvalue weighted by Gasteiger charge is 2.32. The van der Waals surface area contributed by atoms with E-state index in [-0.39, 0.29) is 0 Å². The molecule has 2 aromatic heterocycles. The number of alkyl halides is 3. The molecule has 1 aliphatic heterocycles. The number of aromatic nitrogens is 3.